The predicted molar refractivity (Wildman–Crippen MR) is 96.1 cm³/mol. The molecule has 0 amide bonds. The highest BCUT2D eigenvalue weighted by molar-refractivity contribution is 5.58. The number of benzene rings is 1. The Labute approximate surface area is 149 Å². The summed E-state index contributed by atoms with van der Waals surface area (Å²) in [6.45, 7) is 4.98. The molecule has 0 N–H and O–H groups in total. The van der Waals surface area contributed by atoms with Gasteiger partial charge in [0.25, 0.3) is 0 Å². The molecule has 1 unspecified atom stereocenters. The van der Waals surface area contributed by atoms with Gasteiger partial charge in [-0.2, -0.15) is 4.98 Å². The standard InChI is InChI=1S/C20H27N3O2/c1-15-7-3-4-8-16(15)19-21-18(25-22-19)13-23-12-6-11-20(14-23)10-5-9-17(20)24-2/h3-4,7-8,17H,5-6,9-14H2,1-2H3/t17?,20-/m1/s1. The van der Waals surface area contributed by atoms with Gasteiger partial charge in [0.1, 0.15) is 0 Å². The SMILES string of the molecule is COC1CCC[C@]12CCCN(Cc1nc(-c3ccccc3C)no1)C2. The van der Waals surface area contributed by atoms with Crippen LogP contribution in [0.1, 0.15) is 43.6 Å². The van der Waals surface area contributed by atoms with Crippen LogP contribution < -0.4 is 0 Å². The molecule has 25 heavy (non-hydrogen) atoms. The van der Waals surface area contributed by atoms with Gasteiger partial charge >= 0.3 is 0 Å². The molecule has 2 fully saturated rings. The van der Waals surface area contributed by atoms with Crippen LogP contribution in [-0.4, -0.2) is 41.3 Å². The molecule has 5 heteroatoms. The number of methoxy groups -OCH3 is 1. The van der Waals surface area contributed by atoms with Gasteiger partial charge in [-0.15, -0.1) is 0 Å². The highest BCUT2D eigenvalue weighted by Crippen LogP contribution is 2.46. The van der Waals surface area contributed by atoms with Gasteiger partial charge in [-0.25, -0.2) is 0 Å². The number of hydrogen-bond acceptors (Lipinski definition) is 5. The molecule has 1 saturated carbocycles. The molecule has 1 saturated heterocycles. The second-order valence-electron chi connectivity index (χ2n) is 7.62. The first kappa shape index (κ1) is 16.7. The highest BCUT2D eigenvalue weighted by atomic mass is 16.5. The van der Waals surface area contributed by atoms with Crippen molar-refractivity contribution in [1.29, 1.82) is 0 Å². The van der Waals surface area contributed by atoms with Crippen molar-refractivity contribution in [2.45, 2.75) is 51.7 Å². The Balaban J connectivity index is 1.47. The van der Waals surface area contributed by atoms with Crippen molar-refractivity contribution < 1.29 is 9.26 Å². The second kappa shape index (κ2) is 6.89. The third-order valence-electron chi connectivity index (χ3n) is 6.01. The Hall–Kier alpha value is -1.72. The Morgan fingerprint density at radius 2 is 2.12 bits per heavy atom. The second-order valence-corrected chi connectivity index (χ2v) is 7.62. The lowest BCUT2D eigenvalue weighted by molar-refractivity contribution is -0.0383. The van der Waals surface area contributed by atoms with Gasteiger partial charge in [-0.05, 0) is 44.7 Å². The average molecular weight is 341 g/mol. The number of nitrogens with zero attached hydrogens (tertiary/aromatic N) is 3. The number of aromatic nitrogens is 2. The summed E-state index contributed by atoms with van der Waals surface area (Å²) in [6.07, 6.45) is 6.66. The zero-order chi connectivity index (χ0) is 17.3. The van der Waals surface area contributed by atoms with Crippen LogP contribution in [0.25, 0.3) is 11.4 Å². The van der Waals surface area contributed by atoms with Gasteiger partial charge in [0.05, 0.1) is 12.6 Å². The summed E-state index contributed by atoms with van der Waals surface area (Å²) in [5.74, 6) is 1.40. The molecule has 1 aromatic heterocycles. The van der Waals surface area contributed by atoms with Crippen LogP contribution >= 0.6 is 0 Å². The van der Waals surface area contributed by atoms with E-state index in [1.807, 2.05) is 25.3 Å². The summed E-state index contributed by atoms with van der Waals surface area (Å²) < 4.78 is 11.3. The minimum absolute atomic E-state index is 0.325. The maximum Gasteiger partial charge on any atom is 0.241 e. The van der Waals surface area contributed by atoms with Crippen molar-refractivity contribution in [2.24, 2.45) is 5.41 Å². The normalized spacial score (nSPS) is 27.2. The van der Waals surface area contributed by atoms with Crippen molar-refractivity contribution in [3.8, 4) is 11.4 Å². The van der Waals surface area contributed by atoms with E-state index in [0.717, 1.165) is 25.2 Å². The van der Waals surface area contributed by atoms with Gasteiger partial charge < -0.3 is 9.26 Å². The van der Waals surface area contributed by atoms with Crippen LogP contribution in [0.3, 0.4) is 0 Å². The average Bonchev–Trinajstić information content (AvgIpc) is 3.22. The first-order chi connectivity index (χ1) is 12.2. The van der Waals surface area contributed by atoms with Crippen molar-refractivity contribution >= 4 is 0 Å². The first-order valence-electron chi connectivity index (χ1n) is 9.34. The molecule has 0 radical (unpaired) electrons. The van der Waals surface area contributed by atoms with Crippen molar-refractivity contribution in [3.05, 3.63) is 35.7 Å². The number of ether oxygens (including phenoxy) is 1. The number of aryl methyl sites for hydroxylation is 1. The molecule has 2 atom stereocenters. The Kier molecular flexibility index (Phi) is 4.61. The molecule has 0 bridgehead atoms. The lowest BCUT2D eigenvalue weighted by atomic mass is 9.76. The smallest absolute Gasteiger partial charge is 0.241 e. The fraction of sp³-hybridized carbons (Fsp3) is 0.600. The zero-order valence-corrected chi connectivity index (χ0v) is 15.2. The van der Waals surface area contributed by atoms with E-state index in [2.05, 4.69) is 28.0 Å². The molecule has 2 heterocycles. The Morgan fingerprint density at radius 1 is 1.28 bits per heavy atom. The Morgan fingerprint density at radius 3 is 2.96 bits per heavy atom. The molecule has 1 aliphatic carbocycles. The molecule has 5 nitrogen and oxygen atoms in total. The fourth-order valence-corrected chi connectivity index (χ4v) is 4.78. The van der Waals surface area contributed by atoms with Crippen molar-refractivity contribution in [1.82, 2.24) is 15.0 Å². The monoisotopic (exact) mass is 341 g/mol. The molecule has 1 aromatic carbocycles. The minimum atomic E-state index is 0.325. The van der Waals surface area contributed by atoms with Gasteiger partial charge in [-0.3, -0.25) is 4.90 Å². The summed E-state index contributed by atoms with van der Waals surface area (Å²) >= 11 is 0. The van der Waals surface area contributed by atoms with Crippen LogP contribution in [0.5, 0.6) is 0 Å². The lowest BCUT2D eigenvalue weighted by Crippen LogP contribution is -2.47. The van der Waals surface area contributed by atoms with Crippen LogP contribution in [0.4, 0.5) is 0 Å². The van der Waals surface area contributed by atoms with E-state index in [1.165, 1.54) is 37.7 Å². The van der Waals surface area contributed by atoms with Gasteiger partial charge in [0.2, 0.25) is 11.7 Å². The van der Waals surface area contributed by atoms with Gasteiger partial charge in [0.15, 0.2) is 0 Å². The predicted octanol–water partition coefficient (Wildman–Crippen LogP) is 3.83. The van der Waals surface area contributed by atoms with E-state index in [0.29, 0.717) is 23.2 Å². The molecule has 2 aromatic rings. The van der Waals surface area contributed by atoms with Crippen molar-refractivity contribution in [2.75, 3.05) is 20.2 Å². The molecule has 134 valence electrons. The topological polar surface area (TPSA) is 51.4 Å². The quantitative estimate of drug-likeness (QED) is 0.846. The largest absolute Gasteiger partial charge is 0.381 e. The number of likely N-dealkylation sites (tertiary alicyclic amines) is 1. The van der Waals surface area contributed by atoms with E-state index in [9.17, 15) is 0 Å². The van der Waals surface area contributed by atoms with E-state index in [-0.39, 0.29) is 0 Å². The van der Waals surface area contributed by atoms with Crippen LogP contribution in [0, 0.1) is 12.3 Å². The third kappa shape index (κ3) is 3.23. The van der Waals surface area contributed by atoms with Crippen LogP contribution in [-0.2, 0) is 11.3 Å². The maximum absolute atomic E-state index is 5.80. The number of hydrogen-bond donors (Lipinski definition) is 0. The molecular formula is C20H27N3O2. The summed E-state index contributed by atoms with van der Waals surface area (Å²) in [6, 6.07) is 8.16. The lowest BCUT2D eigenvalue weighted by Gasteiger charge is -2.43. The molecular weight excluding hydrogens is 314 g/mol. The number of piperidine rings is 1. The summed E-state index contributed by atoms with van der Waals surface area (Å²) in [4.78, 5) is 7.11. The Bertz CT molecular complexity index is 729. The van der Waals surface area contributed by atoms with Crippen molar-refractivity contribution in [3.63, 3.8) is 0 Å². The summed E-state index contributed by atoms with van der Waals surface area (Å²) in [5.41, 5.74) is 2.54. The molecule has 1 aliphatic heterocycles. The summed E-state index contributed by atoms with van der Waals surface area (Å²) in [7, 11) is 1.86. The van der Waals surface area contributed by atoms with Crippen LogP contribution in [0.15, 0.2) is 28.8 Å². The fourth-order valence-electron chi connectivity index (χ4n) is 4.78. The van der Waals surface area contributed by atoms with E-state index >= 15 is 0 Å². The van der Waals surface area contributed by atoms with E-state index < -0.39 is 0 Å². The number of rotatable bonds is 4. The van der Waals surface area contributed by atoms with Crippen LogP contribution in [0.2, 0.25) is 0 Å². The molecule has 4 rings (SSSR count). The molecule has 1 spiro atoms. The minimum Gasteiger partial charge on any atom is -0.381 e. The van der Waals surface area contributed by atoms with Gasteiger partial charge in [-0.1, -0.05) is 35.8 Å². The molecule has 2 aliphatic rings. The summed E-state index contributed by atoms with van der Waals surface area (Å²) in [5, 5.41) is 4.20. The van der Waals surface area contributed by atoms with E-state index in [4.69, 9.17) is 9.26 Å². The zero-order valence-electron chi connectivity index (χ0n) is 15.2. The maximum atomic E-state index is 5.80. The first-order valence-corrected chi connectivity index (χ1v) is 9.34. The van der Waals surface area contributed by atoms with E-state index in [1.54, 1.807) is 0 Å². The third-order valence-corrected chi connectivity index (χ3v) is 6.01. The van der Waals surface area contributed by atoms with Gasteiger partial charge in [0, 0.05) is 24.6 Å². The highest BCUT2D eigenvalue weighted by Gasteiger charge is 2.45.